The summed E-state index contributed by atoms with van der Waals surface area (Å²) in [5.41, 5.74) is 0. The van der Waals surface area contributed by atoms with E-state index in [9.17, 15) is 14.4 Å². The Morgan fingerprint density at radius 3 is 2.61 bits per heavy atom. The number of ether oxygens (including phenoxy) is 1. The fraction of sp³-hybridized carbons (Fsp3) is 0.824. The van der Waals surface area contributed by atoms with E-state index < -0.39 is 12.0 Å². The summed E-state index contributed by atoms with van der Waals surface area (Å²) in [7, 11) is 0. The van der Waals surface area contributed by atoms with Crippen molar-refractivity contribution < 1.29 is 19.1 Å². The lowest BCUT2D eigenvalue weighted by molar-refractivity contribution is -0.152. The lowest BCUT2D eigenvalue weighted by Gasteiger charge is -2.34. The minimum Gasteiger partial charge on any atom is -0.466 e. The zero-order valence-electron chi connectivity index (χ0n) is 14.4. The molecule has 6 heteroatoms. The highest BCUT2D eigenvalue weighted by Crippen LogP contribution is 2.14. The molecule has 2 amide bonds. The Balaban J connectivity index is 2.49. The van der Waals surface area contributed by atoms with Crippen LogP contribution in [0.3, 0.4) is 0 Å². The summed E-state index contributed by atoms with van der Waals surface area (Å²) in [4.78, 5) is 37.7. The van der Waals surface area contributed by atoms with E-state index in [4.69, 9.17) is 4.74 Å². The molecule has 1 rings (SSSR count). The first-order chi connectivity index (χ1) is 11.1. The van der Waals surface area contributed by atoms with Crippen LogP contribution in [0.15, 0.2) is 0 Å². The third kappa shape index (κ3) is 7.01. The standard InChI is InChI=1S/C17H30N2O4/c1-3-5-6-7-8-9-15(20)19-11-10-18-17(22)14(19)13-16(21)23-12-4-2/h14H,3-13H2,1-2H3,(H,18,22). The first-order valence-electron chi connectivity index (χ1n) is 8.83. The van der Waals surface area contributed by atoms with Crippen molar-refractivity contribution in [3.63, 3.8) is 0 Å². The van der Waals surface area contributed by atoms with Crippen molar-refractivity contribution in [1.29, 1.82) is 0 Å². The van der Waals surface area contributed by atoms with Gasteiger partial charge in [-0.25, -0.2) is 0 Å². The first kappa shape index (κ1) is 19.5. The van der Waals surface area contributed by atoms with E-state index >= 15 is 0 Å². The van der Waals surface area contributed by atoms with Gasteiger partial charge in [0.05, 0.1) is 13.0 Å². The molecule has 6 nitrogen and oxygen atoms in total. The van der Waals surface area contributed by atoms with Crippen LogP contribution in [0.25, 0.3) is 0 Å². The Morgan fingerprint density at radius 2 is 1.91 bits per heavy atom. The third-order valence-electron chi connectivity index (χ3n) is 3.97. The van der Waals surface area contributed by atoms with Crippen molar-refractivity contribution in [3.05, 3.63) is 0 Å². The Morgan fingerprint density at radius 1 is 1.17 bits per heavy atom. The number of nitrogens with zero attached hydrogens (tertiary/aromatic N) is 1. The fourth-order valence-corrected chi connectivity index (χ4v) is 2.67. The van der Waals surface area contributed by atoms with Gasteiger partial charge in [-0.3, -0.25) is 14.4 Å². The van der Waals surface area contributed by atoms with Crippen LogP contribution in [0.1, 0.15) is 65.2 Å². The quantitative estimate of drug-likeness (QED) is 0.492. The van der Waals surface area contributed by atoms with Gasteiger partial charge in [0, 0.05) is 19.5 Å². The number of esters is 1. The molecule has 0 aromatic rings. The molecule has 0 aliphatic carbocycles. The van der Waals surface area contributed by atoms with Gasteiger partial charge in [0.25, 0.3) is 0 Å². The first-order valence-corrected chi connectivity index (χ1v) is 8.83. The zero-order chi connectivity index (χ0) is 17.1. The highest BCUT2D eigenvalue weighted by Gasteiger charge is 2.34. The van der Waals surface area contributed by atoms with E-state index in [-0.39, 0.29) is 18.2 Å². The summed E-state index contributed by atoms with van der Waals surface area (Å²) in [6.45, 7) is 5.32. The van der Waals surface area contributed by atoms with Crippen molar-refractivity contribution in [2.24, 2.45) is 0 Å². The molecule has 0 aromatic carbocycles. The van der Waals surface area contributed by atoms with Crippen LogP contribution >= 0.6 is 0 Å². The minimum absolute atomic E-state index is 0.0374. The average molecular weight is 326 g/mol. The van der Waals surface area contributed by atoms with Gasteiger partial charge in [0.1, 0.15) is 6.04 Å². The number of unbranched alkanes of at least 4 members (excludes halogenated alkanes) is 4. The van der Waals surface area contributed by atoms with Crippen molar-refractivity contribution >= 4 is 17.8 Å². The minimum atomic E-state index is -0.726. The Bertz CT molecular complexity index is 398. The van der Waals surface area contributed by atoms with E-state index in [1.165, 1.54) is 12.8 Å². The van der Waals surface area contributed by atoms with Gasteiger partial charge >= 0.3 is 5.97 Å². The lowest BCUT2D eigenvalue weighted by Crippen LogP contribution is -2.57. The second kappa shape index (κ2) is 11.0. The topological polar surface area (TPSA) is 75.7 Å². The van der Waals surface area contributed by atoms with Gasteiger partial charge in [-0.15, -0.1) is 0 Å². The molecule has 0 aromatic heterocycles. The molecular formula is C17H30N2O4. The number of amides is 2. The molecule has 132 valence electrons. The average Bonchev–Trinajstić information content (AvgIpc) is 2.54. The molecule has 23 heavy (non-hydrogen) atoms. The van der Waals surface area contributed by atoms with E-state index in [1.54, 1.807) is 4.90 Å². The van der Waals surface area contributed by atoms with Crippen LogP contribution in [0.2, 0.25) is 0 Å². The summed E-state index contributed by atoms with van der Waals surface area (Å²) in [5, 5.41) is 2.72. The fourth-order valence-electron chi connectivity index (χ4n) is 2.67. The molecule has 1 heterocycles. The van der Waals surface area contributed by atoms with Crippen LogP contribution in [-0.4, -0.2) is 48.4 Å². The molecular weight excluding hydrogens is 296 g/mol. The van der Waals surface area contributed by atoms with Crippen molar-refractivity contribution in [2.45, 2.75) is 71.3 Å². The molecule has 0 spiro atoms. The maximum Gasteiger partial charge on any atom is 0.308 e. The molecule has 0 saturated carbocycles. The number of carbonyl (C=O) groups is 3. The normalized spacial score (nSPS) is 17.7. The van der Waals surface area contributed by atoms with Crippen LogP contribution in [-0.2, 0) is 19.1 Å². The predicted octanol–water partition coefficient (Wildman–Crippen LogP) is 2.02. The van der Waals surface area contributed by atoms with Crippen LogP contribution in [0, 0.1) is 0 Å². The van der Waals surface area contributed by atoms with Crippen LogP contribution in [0.4, 0.5) is 0 Å². The lowest BCUT2D eigenvalue weighted by atomic mass is 10.1. The highest BCUT2D eigenvalue weighted by molar-refractivity contribution is 5.91. The molecule has 0 bridgehead atoms. The Labute approximate surface area is 138 Å². The van der Waals surface area contributed by atoms with Crippen LogP contribution in [0.5, 0.6) is 0 Å². The molecule has 1 aliphatic heterocycles. The van der Waals surface area contributed by atoms with E-state index in [0.29, 0.717) is 26.1 Å². The van der Waals surface area contributed by atoms with Gasteiger partial charge in [-0.05, 0) is 12.8 Å². The summed E-state index contributed by atoms with van der Waals surface area (Å²) in [6, 6.07) is -0.726. The zero-order valence-corrected chi connectivity index (χ0v) is 14.4. The molecule has 1 fully saturated rings. The maximum absolute atomic E-state index is 12.4. The molecule has 1 saturated heterocycles. The second-order valence-electron chi connectivity index (χ2n) is 5.98. The maximum atomic E-state index is 12.4. The number of hydrogen-bond acceptors (Lipinski definition) is 4. The van der Waals surface area contributed by atoms with Gasteiger partial charge in [0.2, 0.25) is 11.8 Å². The largest absolute Gasteiger partial charge is 0.466 e. The summed E-state index contributed by atoms with van der Waals surface area (Å²) in [5.74, 6) is -0.719. The van der Waals surface area contributed by atoms with Gasteiger partial charge in [0.15, 0.2) is 0 Å². The van der Waals surface area contributed by atoms with Gasteiger partial charge in [-0.1, -0.05) is 39.5 Å². The van der Waals surface area contributed by atoms with E-state index in [1.807, 2.05) is 6.92 Å². The van der Waals surface area contributed by atoms with E-state index in [2.05, 4.69) is 12.2 Å². The Kier molecular flexibility index (Phi) is 9.33. The van der Waals surface area contributed by atoms with E-state index in [0.717, 1.165) is 25.7 Å². The van der Waals surface area contributed by atoms with Crippen molar-refractivity contribution in [1.82, 2.24) is 10.2 Å². The van der Waals surface area contributed by atoms with Gasteiger partial charge in [-0.2, -0.15) is 0 Å². The number of rotatable bonds is 10. The summed E-state index contributed by atoms with van der Waals surface area (Å²) in [6.07, 6.45) is 6.48. The summed E-state index contributed by atoms with van der Waals surface area (Å²) >= 11 is 0. The molecule has 0 radical (unpaired) electrons. The monoisotopic (exact) mass is 326 g/mol. The summed E-state index contributed by atoms with van der Waals surface area (Å²) < 4.78 is 5.04. The van der Waals surface area contributed by atoms with Crippen molar-refractivity contribution in [2.75, 3.05) is 19.7 Å². The smallest absolute Gasteiger partial charge is 0.308 e. The Hall–Kier alpha value is -1.59. The number of carbonyl (C=O) groups excluding carboxylic acids is 3. The number of hydrogen-bond donors (Lipinski definition) is 1. The molecule has 1 N–H and O–H groups in total. The SMILES string of the molecule is CCCCCCCC(=O)N1CCNC(=O)C1CC(=O)OCCC. The molecule has 1 unspecified atom stereocenters. The van der Waals surface area contributed by atoms with Crippen molar-refractivity contribution in [3.8, 4) is 0 Å². The highest BCUT2D eigenvalue weighted by atomic mass is 16.5. The van der Waals surface area contributed by atoms with Crippen LogP contribution < -0.4 is 5.32 Å². The molecule has 1 atom stereocenters. The molecule has 1 aliphatic rings. The third-order valence-corrected chi connectivity index (χ3v) is 3.97. The van der Waals surface area contributed by atoms with Gasteiger partial charge < -0.3 is 15.0 Å². The predicted molar refractivity (Wildman–Crippen MR) is 87.8 cm³/mol. The number of piperazine rings is 1. The number of nitrogens with one attached hydrogen (secondary N) is 1. The second-order valence-corrected chi connectivity index (χ2v) is 5.98.